The molecule has 3 fully saturated rings. The number of aromatic nitrogens is 1. The van der Waals surface area contributed by atoms with Gasteiger partial charge in [-0.2, -0.15) is 0 Å². The van der Waals surface area contributed by atoms with Gasteiger partial charge >= 0.3 is 0 Å². The third-order valence-electron chi connectivity index (χ3n) is 11.9. The topological polar surface area (TPSA) is 229 Å². The number of carbonyl (C=O) groups is 7. The summed E-state index contributed by atoms with van der Waals surface area (Å²) in [5, 5.41) is 28.5. The predicted molar refractivity (Wildman–Crippen MR) is 225 cm³/mol. The number of aliphatic hydroxyl groups is 1. The summed E-state index contributed by atoms with van der Waals surface area (Å²) in [6.07, 6.45) is 0.340. The Morgan fingerprint density at radius 1 is 0.852 bits per heavy atom. The molecule has 1 saturated carbocycles. The van der Waals surface area contributed by atoms with Crippen LogP contribution in [-0.4, -0.2) is 118 Å². The molecule has 2 saturated heterocycles. The van der Waals surface area contributed by atoms with Crippen LogP contribution in [0, 0.1) is 11.8 Å². The van der Waals surface area contributed by atoms with E-state index in [2.05, 4.69) is 31.9 Å². The smallest absolute Gasteiger partial charge is 0.268 e. The van der Waals surface area contributed by atoms with Gasteiger partial charge in [-0.1, -0.05) is 50.6 Å². The van der Waals surface area contributed by atoms with Gasteiger partial charge in [-0.25, -0.2) is 0 Å². The van der Waals surface area contributed by atoms with Gasteiger partial charge in [0.05, 0.1) is 19.1 Å². The summed E-state index contributed by atoms with van der Waals surface area (Å²) >= 11 is 0. The molecule has 61 heavy (non-hydrogen) atoms. The van der Waals surface area contributed by atoms with Crippen molar-refractivity contribution in [1.29, 1.82) is 0 Å². The number of aryl methyl sites for hydroxylation is 1. The van der Waals surface area contributed by atoms with E-state index in [1.165, 1.54) is 18.7 Å². The van der Waals surface area contributed by atoms with Crippen molar-refractivity contribution in [2.75, 3.05) is 13.7 Å². The van der Waals surface area contributed by atoms with Crippen LogP contribution >= 0.6 is 0 Å². The number of fused-ring (bicyclic) bond motifs is 3. The third kappa shape index (κ3) is 10.3. The third-order valence-corrected chi connectivity index (χ3v) is 11.9. The van der Waals surface area contributed by atoms with E-state index in [0.29, 0.717) is 36.3 Å². The first kappa shape index (κ1) is 44.6. The molecule has 17 heteroatoms. The van der Waals surface area contributed by atoms with Crippen LogP contribution in [0.3, 0.4) is 0 Å². The summed E-state index contributed by atoms with van der Waals surface area (Å²) in [5.74, 6) is -4.38. The average molecular weight is 843 g/mol. The molecule has 1 unspecified atom stereocenters. The molecule has 3 heterocycles. The van der Waals surface area contributed by atoms with Crippen molar-refractivity contribution in [1.82, 2.24) is 41.4 Å². The molecule has 7 N–H and O–H groups in total. The average Bonchev–Trinajstić information content (AvgIpc) is 3.95. The van der Waals surface area contributed by atoms with Gasteiger partial charge < -0.3 is 51.2 Å². The van der Waals surface area contributed by atoms with Crippen LogP contribution in [0.2, 0.25) is 0 Å². The number of nitrogens with zero attached hydrogens (tertiary/aromatic N) is 2. The number of ether oxygens (including phenoxy) is 1. The Labute approximate surface area is 355 Å². The highest BCUT2D eigenvalue weighted by Gasteiger charge is 2.45. The molecule has 9 atom stereocenters. The summed E-state index contributed by atoms with van der Waals surface area (Å²) in [6, 6.07) is 8.57. The SMILES string of the molecule is COc1ccc2c(c1)cc(C(=O)N[C@@H]1CC3C(=O)N[C@@H](C)C(=O)N[C@@H]4CCC[C@H]4C(=O)N[C@@H](CC(C)C)C(=O)N[C@@H]([C@@H](C)O)C(=O)N[C@@H](Cc4ccccc4)C(=O)N3C1)n2C. The normalized spacial score (nSPS) is 27.4. The zero-order valence-corrected chi connectivity index (χ0v) is 35.5. The Morgan fingerprint density at radius 2 is 1.57 bits per heavy atom. The second-order valence-electron chi connectivity index (χ2n) is 17.0. The quantitative estimate of drug-likeness (QED) is 0.170. The van der Waals surface area contributed by atoms with Crippen molar-refractivity contribution < 1.29 is 43.4 Å². The highest BCUT2D eigenvalue weighted by atomic mass is 16.5. The Balaban J connectivity index is 1.35. The van der Waals surface area contributed by atoms with Crippen LogP contribution in [0.1, 0.15) is 75.9 Å². The van der Waals surface area contributed by atoms with Gasteiger partial charge in [0.25, 0.3) is 5.91 Å². The van der Waals surface area contributed by atoms with Crippen molar-refractivity contribution in [3.8, 4) is 5.75 Å². The summed E-state index contributed by atoms with van der Waals surface area (Å²) < 4.78 is 7.09. The molecule has 2 aromatic carbocycles. The summed E-state index contributed by atoms with van der Waals surface area (Å²) in [5.41, 5.74) is 1.79. The second-order valence-corrected chi connectivity index (χ2v) is 17.0. The molecule has 2 aliphatic heterocycles. The highest BCUT2D eigenvalue weighted by molar-refractivity contribution is 6.00. The molecule has 0 spiro atoms. The minimum Gasteiger partial charge on any atom is -0.497 e. The van der Waals surface area contributed by atoms with E-state index < -0.39 is 95.7 Å². The lowest BCUT2D eigenvalue weighted by molar-refractivity contribution is -0.143. The fraction of sp³-hybridized carbons (Fsp3) is 0.523. The molecule has 1 aromatic heterocycles. The van der Waals surface area contributed by atoms with Crippen molar-refractivity contribution in [3.05, 3.63) is 65.9 Å². The van der Waals surface area contributed by atoms with Crippen molar-refractivity contribution in [3.63, 3.8) is 0 Å². The van der Waals surface area contributed by atoms with Crippen LogP contribution in [0.15, 0.2) is 54.6 Å². The largest absolute Gasteiger partial charge is 0.497 e. The monoisotopic (exact) mass is 842 g/mol. The number of hydrogen-bond acceptors (Lipinski definition) is 9. The van der Waals surface area contributed by atoms with E-state index >= 15 is 0 Å². The van der Waals surface area contributed by atoms with E-state index in [0.717, 1.165) is 10.9 Å². The Kier molecular flexibility index (Phi) is 14.0. The van der Waals surface area contributed by atoms with E-state index in [1.807, 2.05) is 26.0 Å². The number of rotatable bonds is 8. The number of benzene rings is 2. The van der Waals surface area contributed by atoms with E-state index in [1.54, 1.807) is 61.2 Å². The lowest BCUT2D eigenvalue weighted by Gasteiger charge is -2.31. The molecule has 3 aliphatic rings. The molecule has 7 amide bonds. The zero-order valence-electron chi connectivity index (χ0n) is 35.5. The van der Waals surface area contributed by atoms with Crippen LogP contribution in [0.4, 0.5) is 0 Å². The Morgan fingerprint density at radius 3 is 2.26 bits per heavy atom. The molecular weight excluding hydrogens is 785 g/mol. The van der Waals surface area contributed by atoms with Gasteiger partial charge in [-0.05, 0) is 75.3 Å². The maximum Gasteiger partial charge on any atom is 0.268 e. The zero-order chi connectivity index (χ0) is 44.1. The number of hydrogen-bond donors (Lipinski definition) is 7. The highest BCUT2D eigenvalue weighted by Crippen LogP contribution is 2.28. The van der Waals surface area contributed by atoms with E-state index in [4.69, 9.17) is 4.74 Å². The molecule has 3 aromatic rings. The van der Waals surface area contributed by atoms with Crippen molar-refractivity contribution >= 4 is 52.3 Å². The number of nitrogens with one attached hydrogen (secondary N) is 6. The van der Waals surface area contributed by atoms with Gasteiger partial charge in [0.15, 0.2) is 0 Å². The lowest BCUT2D eigenvalue weighted by atomic mass is 9.98. The molecule has 1 aliphatic carbocycles. The first-order chi connectivity index (χ1) is 29.0. The number of carbonyl (C=O) groups excluding carboxylic acids is 7. The molecule has 0 bridgehead atoms. The molecule has 328 valence electrons. The molecule has 6 rings (SSSR count). The van der Waals surface area contributed by atoms with Crippen LogP contribution in [0.5, 0.6) is 5.75 Å². The number of amides is 7. The fourth-order valence-electron chi connectivity index (χ4n) is 8.65. The minimum absolute atomic E-state index is 0.0180. The van der Waals surface area contributed by atoms with Crippen molar-refractivity contribution in [2.45, 2.75) is 115 Å². The van der Waals surface area contributed by atoms with E-state index in [-0.39, 0.29) is 31.7 Å². The fourth-order valence-corrected chi connectivity index (χ4v) is 8.65. The van der Waals surface area contributed by atoms with Crippen LogP contribution in [0.25, 0.3) is 10.9 Å². The van der Waals surface area contributed by atoms with Gasteiger partial charge in [-0.3, -0.25) is 33.6 Å². The molecule has 17 nitrogen and oxygen atoms in total. The van der Waals surface area contributed by atoms with Gasteiger partial charge in [0.1, 0.15) is 41.7 Å². The lowest BCUT2D eigenvalue weighted by Crippen LogP contribution is -2.61. The van der Waals surface area contributed by atoms with Crippen LogP contribution in [-0.2, 0) is 42.2 Å². The summed E-state index contributed by atoms with van der Waals surface area (Å²) in [6.45, 7) is 6.48. The number of methoxy groups -OCH3 is 1. The first-order valence-corrected chi connectivity index (χ1v) is 21.0. The first-order valence-electron chi connectivity index (χ1n) is 21.0. The molecule has 0 radical (unpaired) electrons. The van der Waals surface area contributed by atoms with Gasteiger partial charge in [0.2, 0.25) is 35.4 Å². The Hall–Kier alpha value is -5.97. The van der Waals surface area contributed by atoms with Gasteiger partial charge in [-0.15, -0.1) is 0 Å². The van der Waals surface area contributed by atoms with Crippen molar-refractivity contribution in [2.24, 2.45) is 18.9 Å². The maximum absolute atomic E-state index is 14.8. The predicted octanol–water partition coefficient (Wildman–Crippen LogP) is 0.813. The standard InChI is InChI=1S/C44H58N8O9/c1-23(2)17-32-40(56)50-37(25(4)53)43(59)49-33(18-26-11-8-7-9-12-26)44(60)52-22-28(46-41(57)35-20-27-19-29(61-6)15-16-34(27)51(35)5)21-36(52)42(58)45-24(3)38(54)47-31-14-10-13-30(31)39(55)48-32/h7-9,11-12,15-16,19-20,23-25,28,30-33,36-37,53H,10,13-14,17-18,21-22H2,1-6H3,(H,45,58)(H,46,57)(H,47,54)(H,48,55)(H,49,59)(H,50,56)/t24-,25+,28+,30+,31+,32-,33-,36?,37-/m0/s1. The Bertz CT molecular complexity index is 2140. The summed E-state index contributed by atoms with van der Waals surface area (Å²) in [4.78, 5) is 99.6. The molecular formula is C44H58N8O9. The summed E-state index contributed by atoms with van der Waals surface area (Å²) in [7, 11) is 3.31. The van der Waals surface area contributed by atoms with E-state index in [9.17, 15) is 38.7 Å². The van der Waals surface area contributed by atoms with Gasteiger partial charge in [0, 0.05) is 43.0 Å². The maximum atomic E-state index is 14.8. The van der Waals surface area contributed by atoms with Crippen LogP contribution < -0.4 is 36.6 Å². The number of aliphatic hydroxyl groups excluding tert-OH is 1. The minimum atomic E-state index is -1.53. The second kappa shape index (κ2) is 19.2.